The van der Waals surface area contributed by atoms with Crippen LogP contribution in [0.5, 0.6) is 5.75 Å². The lowest BCUT2D eigenvalue weighted by Crippen LogP contribution is -2.53. The van der Waals surface area contributed by atoms with Crippen LogP contribution in [0.4, 0.5) is 4.79 Å². The van der Waals surface area contributed by atoms with Crippen molar-refractivity contribution in [3.05, 3.63) is 63.8 Å². The number of imide groups is 1. The maximum atomic E-state index is 14.0. The minimum atomic E-state index is -1.00. The smallest absolute Gasteiger partial charge is 0.328 e. The van der Waals surface area contributed by atoms with Crippen molar-refractivity contribution >= 4 is 38.8 Å². The van der Waals surface area contributed by atoms with Crippen LogP contribution in [-0.4, -0.2) is 68.4 Å². The number of benzene rings is 2. The number of phenols is 1. The molecular formula is C29H33BrN4O3. The van der Waals surface area contributed by atoms with Gasteiger partial charge in [0.05, 0.1) is 0 Å². The maximum absolute atomic E-state index is 14.0. The average molecular weight is 566 g/mol. The van der Waals surface area contributed by atoms with E-state index in [1.54, 1.807) is 23.1 Å². The summed E-state index contributed by atoms with van der Waals surface area (Å²) in [6.07, 6.45) is 3.63. The fraction of sp³-hybridized carbons (Fsp3) is 0.448. The third-order valence-electron chi connectivity index (χ3n) is 8.55. The number of carbonyl (C=O) groups is 2. The van der Waals surface area contributed by atoms with Gasteiger partial charge < -0.3 is 15.0 Å². The number of hydrogen-bond acceptors (Lipinski definition) is 4. The van der Waals surface area contributed by atoms with E-state index in [9.17, 15) is 14.7 Å². The van der Waals surface area contributed by atoms with Gasteiger partial charge in [-0.15, -0.1) is 0 Å². The van der Waals surface area contributed by atoms with Gasteiger partial charge in [0.2, 0.25) is 0 Å². The number of hydrogen-bond donors (Lipinski definition) is 2. The first kappa shape index (κ1) is 24.5. The van der Waals surface area contributed by atoms with E-state index >= 15 is 0 Å². The maximum Gasteiger partial charge on any atom is 0.328 e. The number of phenolic OH excluding ortho intramolecular Hbond substituents is 1. The molecule has 6 rings (SSSR count). The summed E-state index contributed by atoms with van der Waals surface area (Å²) in [6, 6.07) is 12.3. The predicted molar refractivity (Wildman–Crippen MR) is 146 cm³/mol. The van der Waals surface area contributed by atoms with Crippen LogP contribution in [0.25, 0.3) is 10.9 Å². The molecular weight excluding hydrogens is 532 g/mol. The molecule has 3 aliphatic rings. The van der Waals surface area contributed by atoms with Gasteiger partial charge in [0.1, 0.15) is 17.3 Å². The van der Waals surface area contributed by atoms with Crippen molar-refractivity contribution in [3.8, 4) is 5.75 Å². The highest BCUT2D eigenvalue weighted by Gasteiger charge is 2.60. The van der Waals surface area contributed by atoms with Crippen molar-refractivity contribution in [2.75, 3.05) is 26.2 Å². The van der Waals surface area contributed by atoms with Crippen LogP contribution in [-0.2, 0) is 11.2 Å². The van der Waals surface area contributed by atoms with Crippen molar-refractivity contribution in [1.29, 1.82) is 0 Å². The predicted octanol–water partition coefficient (Wildman–Crippen LogP) is 5.43. The number of carbonyl (C=O) groups excluding carboxylic acids is 2. The standard InChI is InChI=1S/C29H33BrN4O3/c1-18-9-13-32(14-10-18)11-4-12-33-27(36)29(2)17-23-22-16-20(30)7-8-24(22)31-25(23)26(34(29)28(33)37)19-5-3-6-21(35)15-19/h3,5-8,15-16,18,26,31,35H,4,9-14,17H2,1-2H3. The van der Waals surface area contributed by atoms with Gasteiger partial charge in [-0.25, -0.2) is 4.79 Å². The summed E-state index contributed by atoms with van der Waals surface area (Å²) in [5.74, 6) is 0.776. The Balaban J connectivity index is 1.36. The Morgan fingerprint density at radius 1 is 1.11 bits per heavy atom. The highest BCUT2D eigenvalue weighted by molar-refractivity contribution is 9.10. The second-order valence-electron chi connectivity index (χ2n) is 11.1. The zero-order valence-electron chi connectivity index (χ0n) is 21.3. The number of piperidine rings is 1. The van der Waals surface area contributed by atoms with Crippen molar-refractivity contribution in [3.63, 3.8) is 0 Å². The molecule has 7 nitrogen and oxygen atoms in total. The molecule has 4 heterocycles. The summed E-state index contributed by atoms with van der Waals surface area (Å²) in [5.41, 5.74) is 2.70. The van der Waals surface area contributed by atoms with Crippen LogP contribution < -0.4 is 0 Å². The van der Waals surface area contributed by atoms with Gasteiger partial charge in [-0.3, -0.25) is 14.6 Å². The van der Waals surface area contributed by atoms with Crippen LogP contribution in [0.15, 0.2) is 46.9 Å². The minimum absolute atomic E-state index is 0.134. The zero-order valence-corrected chi connectivity index (χ0v) is 22.9. The molecule has 2 unspecified atom stereocenters. The van der Waals surface area contributed by atoms with Crippen molar-refractivity contribution in [2.24, 2.45) is 5.92 Å². The molecule has 0 bridgehead atoms. The van der Waals surface area contributed by atoms with E-state index in [1.165, 1.54) is 17.7 Å². The number of fused-ring (bicyclic) bond motifs is 4. The average Bonchev–Trinajstić information content (AvgIpc) is 3.31. The molecule has 0 saturated carbocycles. The van der Waals surface area contributed by atoms with E-state index in [0.29, 0.717) is 13.0 Å². The second-order valence-corrected chi connectivity index (χ2v) is 12.1. The van der Waals surface area contributed by atoms with Crippen molar-refractivity contribution in [1.82, 2.24) is 19.7 Å². The number of aromatic hydroxyl groups is 1. The topological polar surface area (TPSA) is 79.9 Å². The number of nitrogens with zero attached hydrogens (tertiary/aromatic N) is 3. The van der Waals surface area contributed by atoms with E-state index in [1.807, 2.05) is 25.1 Å². The molecule has 2 aromatic carbocycles. The Morgan fingerprint density at radius 2 is 1.89 bits per heavy atom. The number of H-pyrrole nitrogens is 1. The Bertz CT molecular complexity index is 1380. The third-order valence-corrected chi connectivity index (χ3v) is 9.04. The number of nitrogens with one attached hydrogen (secondary N) is 1. The Labute approximate surface area is 225 Å². The first-order chi connectivity index (χ1) is 17.8. The van der Waals surface area contributed by atoms with Gasteiger partial charge in [-0.2, -0.15) is 0 Å². The highest BCUT2D eigenvalue weighted by Crippen LogP contribution is 2.49. The SMILES string of the molecule is CC1CCN(CCCN2C(=O)N3C(c4cccc(O)c4)c4[nH]c5ccc(Br)cc5c4CC3(C)C2=O)CC1. The quantitative estimate of drug-likeness (QED) is 0.405. The number of aromatic nitrogens is 1. The van der Waals surface area contributed by atoms with E-state index < -0.39 is 11.6 Å². The number of likely N-dealkylation sites (tertiary alicyclic amines) is 1. The molecule has 2 fully saturated rings. The molecule has 0 aliphatic carbocycles. The Kier molecular flexibility index (Phi) is 6.07. The summed E-state index contributed by atoms with van der Waals surface area (Å²) in [6.45, 7) is 7.69. The first-order valence-corrected chi connectivity index (χ1v) is 14.0. The fourth-order valence-electron chi connectivity index (χ4n) is 6.46. The highest BCUT2D eigenvalue weighted by atomic mass is 79.9. The lowest BCUT2D eigenvalue weighted by atomic mass is 9.81. The summed E-state index contributed by atoms with van der Waals surface area (Å²) < 4.78 is 0.964. The van der Waals surface area contributed by atoms with Gasteiger partial charge >= 0.3 is 6.03 Å². The van der Waals surface area contributed by atoms with Gasteiger partial charge in [-0.05, 0) is 93.2 Å². The van der Waals surface area contributed by atoms with Crippen LogP contribution in [0.3, 0.4) is 0 Å². The number of urea groups is 1. The molecule has 2 atom stereocenters. The van der Waals surface area contributed by atoms with Crippen LogP contribution in [0, 0.1) is 5.92 Å². The van der Waals surface area contributed by atoms with Crippen LogP contribution in [0.2, 0.25) is 0 Å². The van der Waals surface area contributed by atoms with E-state index in [-0.39, 0.29) is 17.7 Å². The number of aromatic amines is 1. The van der Waals surface area contributed by atoms with E-state index in [0.717, 1.165) is 64.2 Å². The first-order valence-electron chi connectivity index (χ1n) is 13.2. The molecule has 8 heteroatoms. The molecule has 3 aromatic rings. The molecule has 1 aromatic heterocycles. The summed E-state index contributed by atoms with van der Waals surface area (Å²) in [4.78, 5) is 37.1. The summed E-state index contributed by atoms with van der Waals surface area (Å²) >= 11 is 3.59. The minimum Gasteiger partial charge on any atom is -0.508 e. The van der Waals surface area contributed by atoms with Gasteiger partial charge in [-0.1, -0.05) is 35.0 Å². The fourth-order valence-corrected chi connectivity index (χ4v) is 6.82. The number of rotatable bonds is 5. The van der Waals surface area contributed by atoms with Crippen LogP contribution >= 0.6 is 15.9 Å². The van der Waals surface area contributed by atoms with Gasteiger partial charge in [0.25, 0.3) is 5.91 Å². The molecule has 2 N–H and O–H groups in total. The zero-order chi connectivity index (χ0) is 25.9. The molecule has 3 amide bonds. The van der Waals surface area contributed by atoms with Crippen molar-refractivity contribution < 1.29 is 14.7 Å². The summed E-state index contributed by atoms with van der Waals surface area (Å²) in [7, 11) is 0. The molecule has 0 spiro atoms. The van der Waals surface area contributed by atoms with Gasteiger partial charge in [0, 0.05) is 34.0 Å². The number of halogens is 1. The largest absolute Gasteiger partial charge is 0.508 e. The molecule has 37 heavy (non-hydrogen) atoms. The Hall–Kier alpha value is -2.84. The summed E-state index contributed by atoms with van der Waals surface area (Å²) in [5, 5.41) is 11.3. The number of amides is 3. The molecule has 0 radical (unpaired) electrons. The van der Waals surface area contributed by atoms with E-state index in [2.05, 4.69) is 38.8 Å². The second kappa shape index (κ2) is 9.17. The molecule has 194 valence electrons. The lowest BCUT2D eigenvalue weighted by Gasteiger charge is -2.42. The monoisotopic (exact) mass is 564 g/mol. The third kappa shape index (κ3) is 4.05. The normalized spacial score (nSPS) is 24.7. The lowest BCUT2D eigenvalue weighted by molar-refractivity contribution is -0.133. The van der Waals surface area contributed by atoms with Crippen LogP contribution in [0.1, 0.15) is 56.0 Å². The van der Waals surface area contributed by atoms with Gasteiger partial charge in [0.15, 0.2) is 0 Å². The molecule has 2 saturated heterocycles. The molecule has 3 aliphatic heterocycles. The van der Waals surface area contributed by atoms with E-state index in [4.69, 9.17) is 0 Å². The Morgan fingerprint density at radius 3 is 2.65 bits per heavy atom. The van der Waals surface area contributed by atoms with Crippen molar-refractivity contribution in [2.45, 2.75) is 51.1 Å².